The van der Waals surface area contributed by atoms with Gasteiger partial charge in [-0.2, -0.15) is 0 Å². The van der Waals surface area contributed by atoms with Crippen LogP contribution in [0.5, 0.6) is 0 Å². The number of amides is 1. The zero-order valence-electron chi connectivity index (χ0n) is 17.0. The van der Waals surface area contributed by atoms with E-state index in [2.05, 4.69) is 0 Å². The van der Waals surface area contributed by atoms with Gasteiger partial charge in [0, 0.05) is 42.7 Å². The first-order valence-corrected chi connectivity index (χ1v) is 9.40. The van der Waals surface area contributed by atoms with E-state index >= 15 is 0 Å². The van der Waals surface area contributed by atoms with Crippen LogP contribution in [-0.2, 0) is 21.4 Å². The fourth-order valence-corrected chi connectivity index (χ4v) is 3.60. The van der Waals surface area contributed by atoms with Crippen LogP contribution in [0.3, 0.4) is 0 Å². The largest absolute Gasteiger partial charge is 0.457 e. The molecule has 0 unspecified atom stereocenters. The van der Waals surface area contributed by atoms with Crippen molar-refractivity contribution in [2.24, 2.45) is 13.0 Å². The second-order valence-electron chi connectivity index (χ2n) is 7.50. The summed E-state index contributed by atoms with van der Waals surface area (Å²) in [5, 5.41) is 0. The molecule has 1 aromatic heterocycles. The van der Waals surface area contributed by atoms with Crippen LogP contribution in [0.25, 0.3) is 0 Å². The highest BCUT2D eigenvalue weighted by molar-refractivity contribution is 6.01. The van der Waals surface area contributed by atoms with E-state index in [1.54, 1.807) is 11.0 Å². The number of carbonyl (C=O) groups excluding carboxylic acids is 3. The lowest BCUT2D eigenvalue weighted by molar-refractivity contribution is -0.147. The third kappa shape index (κ3) is 3.59. The highest BCUT2D eigenvalue weighted by Gasteiger charge is 2.37. The SMILES string of the molecule is Cc1cccc(N2C[C@@H](C(=O)OCC(=O)c3cc(C)n(C)c3C)CC2=O)c1C. The summed E-state index contributed by atoms with van der Waals surface area (Å²) < 4.78 is 7.18. The number of Topliss-reactive ketones (excluding diaryl/α,β-unsaturated/α-hetero) is 1. The maximum absolute atomic E-state index is 12.5. The number of esters is 1. The molecule has 1 aliphatic heterocycles. The smallest absolute Gasteiger partial charge is 0.311 e. The molecule has 0 bridgehead atoms. The number of hydrogen-bond donors (Lipinski definition) is 0. The Hall–Kier alpha value is -2.89. The monoisotopic (exact) mass is 382 g/mol. The fraction of sp³-hybridized carbons (Fsp3) is 0.409. The molecule has 6 heteroatoms. The van der Waals surface area contributed by atoms with E-state index in [9.17, 15) is 14.4 Å². The average molecular weight is 382 g/mol. The Bertz CT molecular complexity index is 958. The Morgan fingerprint density at radius 1 is 1.18 bits per heavy atom. The van der Waals surface area contributed by atoms with E-state index in [1.165, 1.54) is 0 Å². The van der Waals surface area contributed by atoms with Crippen molar-refractivity contribution in [3.05, 3.63) is 52.3 Å². The van der Waals surface area contributed by atoms with Crippen molar-refractivity contribution in [3.8, 4) is 0 Å². The van der Waals surface area contributed by atoms with Crippen molar-refractivity contribution in [1.82, 2.24) is 4.57 Å². The number of carbonyl (C=O) groups is 3. The Morgan fingerprint density at radius 3 is 2.54 bits per heavy atom. The third-order valence-electron chi connectivity index (χ3n) is 5.75. The molecule has 0 spiro atoms. The summed E-state index contributed by atoms with van der Waals surface area (Å²) in [5.74, 6) is -1.39. The second-order valence-corrected chi connectivity index (χ2v) is 7.50. The number of nitrogens with zero attached hydrogens (tertiary/aromatic N) is 2. The number of benzene rings is 1. The molecule has 0 saturated carbocycles. The van der Waals surface area contributed by atoms with Gasteiger partial charge in [-0.15, -0.1) is 0 Å². The highest BCUT2D eigenvalue weighted by Crippen LogP contribution is 2.30. The van der Waals surface area contributed by atoms with Crippen LogP contribution in [-0.4, -0.2) is 35.4 Å². The number of hydrogen-bond acceptors (Lipinski definition) is 4. The molecular weight excluding hydrogens is 356 g/mol. The van der Waals surface area contributed by atoms with Crippen LogP contribution in [0.2, 0.25) is 0 Å². The molecular formula is C22H26N2O4. The van der Waals surface area contributed by atoms with E-state index in [1.807, 2.05) is 57.5 Å². The minimum Gasteiger partial charge on any atom is -0.457 e. The van der Waals surface area contributed by atoms with Gasteiger partial charge >= 0.3 is 5.97 Å². The molecule has 2 aromatic rings. The lowest BCUT2D eigenvalue weighted by atomic mass is 10.1. The Labute approximate surface area is 165 Å². The molecule has 6 nitrogen and oxygen atoms in total. The first-order chi connectivity index (χ1) is 13.2. The van der Waals surface area contributed by atoms with Gasteiger partial charge in [-0.3, -0.25) is 14.4 Å². The van der Waals surface area contributed by atoms with Crippen LogP contribution in [0.1, 0.15) is 39.3 Å². The molecule has 1 aromatic carbocycles. The first-order valence-electron chi connectivity index (χ1n) is 9.40. The van der Waals surface area contributed by atoms with Crippen LogP contribution >= 0.6 is 0 Å². The van der Waals surface area contributed by atoms with Gasteiger partial charge in [0.25, 0.3) is 0 Å². The standard InChI is InChI=1S/C22H26N2O4/c1-13-7-6-8-19(15(13)3)24-11-17(10-21(24)26)22(27)28-12-20(25)18-9-14(2)23(5)16(18)4/h6-9,17H,10-12H2,1-5H3/t17-/m0/s1. The summed E-state index contributed by atoms with van der Waals surface area (Å²) in [6.45, 7) is 7.70. The van der Waals surface area contributed by atoms with Crippen molar-refractivity contribution >= 4 is 23.3 Å². The number of rotatable bonds is 5. The quantitative estimate of drug-likeness (QED) is 0.589. The molecule has 0 radical (unpaired) electrons. The average Bonchev–Trinajstić information content (AvgIpc) is 3.17. The maximum atomic E-state index is 12.5. The molecule has 1 amide bonds. The highest BCUT2D eigenvalue weighted by atomic mass is 16.5. The minimum absolute atomic E-state index is 0.100. The van der Waals surface area contributed by atoms with Gasteiger partial charge < -0.3 is 14.2 Å². The minimum atomic E-state index is -0.557. The predicted octanol–water partition coefficient (Wildman–Crippen LogP) is 3.04. The van der Waals surface area contributed by atoms with E-state index in [0.29, 0.717) is 5.56 Å². The van der Waals surface area contributed by atoms with Crippen molar-refractivity contribution in [3.63, 3.8) is 0 Å². The maximum Gasteiger partial charge on any atom is 0.311 e. The Morgan fingerprint density at radius 2 is 1.89 bits per heavy atom. The summed E-state index contributed by atoms with van der Waals surface area (Å²) >= 11 is 0. The first kappa shape index (κ1) is 19.9. The van der Waals surface area contributed by atoms with Gasteiger partial charge in [0.2, 0.25) is 11.7 Å². The molecule has 0 aliphatic carbocycles. The summed E-state index contributed by atoms with van der Waals surface area (Å²) in [5.41, 5.74) is 5.32. The van der Waals surface area contributed by atoms with Gasteiger partial charge in [-0.25, -0.2) is 0 Å². The fourth-order valence-electron chi connectivity index (χ4n) is 3.60. The molecule has 148 valence electrons. The summed E-state index contributed by atoms with van der Waals surface area (Å²) in [4.78, 5) is 39.0. The zero-order chi connectivity index (χ0) is 20.6. The number of anilines is 1. The molecule has 1 saturated heterocycles. The normalized spacial score (nSPS) is 16.5. The van der Waals surface area contributed by atoms with Gasteiger partial charge in [-0.05, 0) is 51.0 Å². The number of aromatic nitrogens is 1. The Kier molecular flexibility index (Phi) is 5.40. The van der Waals surface area contributed by atoms with Gasteiger partial charge in [0.15, 0.2) is 6.61 Å². The van der Waals surface area contributed by atoms with Gasteiger partial charge in [0.05, 0.1) is 5.92 Å². The van der Waals surface area contributed by atoms with Gasteiger partial charge in [-0.1, -0.05) is 12.1 Å². The van der Waals surface area contributed by atoms with Crippen molar-refractivity contribution in [1.29, 1.82) is 0 Å². The molecule has 2 heterocycles. The molecule has 1 atom stereocenters. The van der Waals surface area contributed by atoms with Crippen LogP contribution in [0.15, 0.2) is 24.3 Å². The molecule has 1 aliphatic rings. The van der Waals surface area contributed by atoms with E-state index < -0.39 is 11.9 Å². The third-order valence-corrected chi connectivity index (χ3v) is 5.75. The molecule has 1 fully saturated rings. The Balaban J connectivity index is 1.64. The zero-order valence-corrected chi connectivity index (χ0v) is 17.0. The van der Waals surface area contributed by atoms with Crippen LogP contribution < -0.4 is 4.90 Å². The number of ether oxygens (including phenoxy) is 1. The van der Waals surface area contributed by atoms with E-state index in [4.69, 9.17) is 4.74 Å². The number of aryl methyl sites for hydroxylation is 2. The molecule has 28 heavy (non-hydrogen) atoms. The summed E-state index contributed by atoms with van der Waals surface area (Å²) in [7, 11) is 1.89. The lowest BCUT2D eigenvalue weighted by Crippen LogP contribution is -2.28. The number of ketones is 1. The van der Waals surface area contributed by atoms with E-state index in [-0.39, 0.29) is 31.3 Å². The second kappa shape index (κ2) is 7.62. The molecule has 0 N–H and O–H groups in total. The van der Waals surface area contributed by atoms with E-state index in [0.717, 1.165) is 28.2 Å². The lowest BCUT2D eigenvalue weighted by Gasteiger charge is -2.20. The van der Waals surface area contributed by atoms with Crippen LogP contribution in [0.4, 0.5) is 5.69 Å². The van der Waals surface area contributed by atoms with Gasteiger partial charge in [0.1, 0.15) is 0 Å². The summed E-state index contributed by atoms with van der Waals surface area (Å²) in [6.07, 6.45) is 0.101. The van der Waals surface area contributed by atoms with Crippen molar-refractivity contribution in [2.75, 3.05) is 18.1 Å². The van der Waals surface area contributed by atoms with Crippen molar-refractivity contribution in [2.45, 2.75) is 34.1 Å². The van der Waals surface area contributed by atoms with Crippen molar-refractivity contribution < 1.29 is 19.1 Å². The van der Waals surface area contributed by atoms with Crippen LogP contribution in [0, 0.1) is 33.6 Å². The molecule has 3 rings (SSSR count). The summed E-state index contributed by atoms with van der Waals surface area (Å²) in [6, 6.07) is 7.58. The topological polar surface area (TPSA) is 68.6 Å². The predicted molar refractivity (Wildman–Crippen MR) is 107 cm³/mol.